The minimum atomic E-state index is -0.0568. The summed E-state index contributed by atoms with van der Waals surface area (Å²) >= 11 is 0. The van der Waals surface area contributed by atoms with Crippen molar-refractivity contribution in [1.82, 2.24) is 4.90 Å². The van der Waals surface area contributed by atoms with Gasteiger partial charge < -0.3 is 10.2 Å². The summed E-state index contributed by atoms with van der Waals surface area (Å²) in [6, 6.07) is 7.12. The minimum absolute atomic E-state index is 0.00748. The molecule has 0 aromatic heterocycles. The third-order valence-electron chi connectivity index (χ3n) is 3.13. The Morgan fingerprint density at radius 1 is 1.14 bits per heavy atom. The van der Waals surface area contributed by atoms with Crippen LogP contribution in [-0.4, -0.2) is 29.8 Å². The lowest BCUT2D eigenvalue weighted by Crippen LogP contribution is -2.30. The summed E-state index contributed by atoms with van der Waals surface area (Å²) in [6.45, 7) is 11.3. The number of rotatable bonds is 5. The van der Waals surface area contributed by atoms with Gasteiger partial charge in [0.1, 0.15) is 0 Å². The molecule has 0 bridgehead atoms. The summed E-state index contributed by atoms with van der Waals surface area (Å²) < 4.78 is 0. The first-order valence-electron chi connectivity index (χ1n) is 7.46. The molecule has 0 radical (unpaired) electrons. The lowest BCUT2D eigenvalue weighted by molar-refractivity contribution is -0.117. The van der Waals surface area contributed by atoms with Gasteiger partial charge >= 0.3 is 0 Å². The first kappa shape index (κ1) is 17.2. The maximum Gasteiger partial charge on any atom is 0.253 e. The van der Waals surface area contributed by atoms with Crippen LogP contribution >= 0.6 is 0 Å². The van der Waals surface area contributed by atoms with E-state index in [2.05, 4.69) is 5.32 Å². The van der Waals surface area contributed by atoms with Crippen LogP contribution in [0.4, 0.5) is 5.69 Å². The zero-order chi connectivity index (χ0) is 16.0. The average molecular weight is 290 g/mol. The normalized spacial score (nSPS) is 11.1. The predicted octanol–water partition coefficient (Wildman–Crippen LogP) is 3.54. The fraction of sp³-hybridized carbons (Fsp3) is 0.529. The third kappa shape index (κ3) is 5.58. The highest BCUT2D eigenvalue weighted by atomic mass is 16.2. The van der Waals surface area contributed by atoms with Crippen molar-refractivity contribution in [1.29, 1.82) is 0 Å². The van der Waals surface area contributed by atoms with Crippen LogP contribution in [0.15, 0.2) is 24.3 Å². The van der Waals surface area contributed by atoms with E-state index < -0.39 is 0 Å². The van der Waals surface area contributed by atoms with Gasteiger partial charge in [-0.15, -0.1) is 0 Å². The zero-order valence-corrected chi connectivity index (χ0v) is 13.7. The standard InChI is InChI=1S/C17H26N2O2/c1-6-19(7-2)16(21)13-9-8-10-14(11-13)18-15(20)12-17(3,4)5/h8-11H,6-7,12H2,1-5H3,(H,18,20). The van der Waals surface area contributed by atoms with Crippen LogP contribution in [0.25, 0.3) is 0 Å². The summed E-state index contributed by atoms with van der Waals surface area (Å²) in [4.78, 5) is 26.0. The van der Waals surface area contributed by atoms with Crippen molar-refractivity contribution in [3.8, 4) is 0 Å². The van der Waals surface area contributed by atoms with E-state index in [9.17, 15) is 9.59 Å². The topological polar surface area (TPSA) is 49.4 Å². The molecule has 0 aliphatic heterocycles. The molecule has 0 spiro atoms. The summed E-state index contributed by atoms with van der Waals surface area (Å²) in [6.07, 6.45) is 0.446. The fourth-order valence-electron chi connectivity index (χ4n) is 2.11. The summed E-state index contributed by atoms with van der Waals surface area (Å²) in [5, 5.41) is 2.86. The van der Waals surface area contributed by atoms with E-state index in [1.165, 1.54) is 0 Å². The van der Waals surface area contributed by atoms with Crippen molar-refractivity contribution in [2.45, 2.75) is 41.0 Å². The van der Waals surface area contributed by atoms with Gasteiger partial charge in [0.15, 0.2) is 0 Å². The van der Waals surface area contributed by atoms with E-state index in [4.69, 9.17) is 0 Å². The van der Waals surface area contributed by atoms with Crippen LogP contribution in [0.2, 0.25) is 0 Å². The molecule has 0 aliphatic carbocycles. The van der Waals surface area contributed by atoms with Crippen LogP contribution in [0.1, 0.15) is 51.4 Å². The molecule has 21 heavy (non-hydrogen) atoms. The fourth-order valence-corrected chi connectivity index (χ4v) is 2.11. The molecule has 0 atom stereocenters. The number of nitrogens with one attached hydrogen (secondary N) is 1. The van der Waals surface area contributed by atoms with Crippen LogP contribution < -0.4 is 5.32 Å². The molecule has 0 heterocycles. The largest absolute Gasteiger partial charge is 0.339 e. The van der Waals surface area contributed by atoms with Crippen molar-refractivity contribution >= 4 is 17.5 Å². The molecule has 0 fully saturated rings. The van der Waals surface area contributed by atoms with E-state index in [-0.39, 0.29) is 17.2 Å². The number of hydrogen-bond acceptors (Lipinski definition) is 2. The molecular formula is C17H26N2O2. The molecule has 116 valence electrons. The number of benzene rings is 1. The Bertz CT molecular complexity index is 500. The van der Waals surface area contributed by atoms with Crippen LogP contribution in [0, 0.1) is 5.41 Å². The monoisotopic (exact) mass is 290 g/mol. The molecule has 0 aliphatic rings. The highest BCUT2D eigenvalue weighted by Crippen LogP contribution is 2.20. The molecule has 1 rings (SSSR count). The van der Waals surface area contributed by atoms with Gasteiger partial charge in [-0.05, 0) is 37.5 Å². The van der Waals surface area contributed by atoms with Gasteiger partial charge in [-0.25, -0.2) is 0 Å². The maximum absolute atomic E-state index is 12.3. The molecule has 4 nitrogen and oxygen atoms in total. The van der Waals surface area contributed by atoms with Gasteiger partial charge in [0, 0.05) is 30.8 Å². The second kappa shape index (κ2) is 7.25. The molecule has 1 aromatic rings. The van der Waals surface area contributed by atoms with E-state index in [1.54, 1.807) is 29.2 Å². The number of amides is 2. The predicted molar refractivity (Wildman–Crippen MR) is 86.4 cm³/mol. The number of nitrogens with zero attached hydrogens (tertiary/aromatic N) is 1. The van der Waals surface area contributed by atoms with Gasteiger partial charge in [0.25, 0.3) is 5.91 Å². The number of carbonyl (C=O) groups is 2. The summed E-state index contributed by atoms with van der Waals surface area (Å²) in [7, 11) is 0. The molecular weight excluding hydrogens is 264 g/mol. The Balaban J connectivity index is 2.81. The van der Waals surface area contributed by atoms with Gasteiger partial charge in [-0.3, -0.25) is 9.59 Å². The average Bonchev–Trinajstić information content (AvgIpc) is 2.38. The van der Waals surface area contributed by atoms with Crippen molar-refractivity contribution in [3.63, 3.8) is 0 Å². The summed E-state index contributed by atoms with van der Waals surface area (Å²) in [5.41, 5.74) is 1.22. The van der Waals surface area contributed by atoms with Gasteiger partial charge in [-0.1, -0.05) is 26.8 Å². The molecule has 2 amide bonds. The van der Waals surface area contributed by atoms with Gasteiger partial charge in [0.2, 0.25) is 5.91 Å². The van der Waals surface area contributed by atoms with Gasteiger partial charge in [0.05, 0.1) is 0 Å². The minimum Gasteiger partial charge on any atom is -0.339 e. The molecule has 0 saturated carbocycles. The Hall–Kier alpha value is -1.84. The highest BCUT2D eigenvalue weighted by molar-refractivity contribution is 5.97. The number of anilines is 1. The highest BCUT2D eigenvalue weighted by Gasteiger charge is 2.17. The maximum atomic E-state index is 12.3. The smallest absolute Gasteiger partial charge is 0.253 e. The summed E-state index contributed by atoms with van der Waals surface area (Å²) in [5.74, 6) is -0.0399. The lowest BCUT2D eigenvalue weighted by Gasteiger charge is -2.19. The van der Waals surface area contributed by atoms with E-state index >= 15 is 0 Å². The first-order chi connectivity index (χ1) is 9.76. The van der Waals surface area contributed by atoms with Crippen LogP contribution in [-0.2, 0) is 4.79 Å². The van der Waals surface area contributed by atoms with Crippen LogP contribution in [0.5, 0.6) is 0 Å². The molecule has 4 heteroatoms. The Morgan fingerprint density at radius 3 is 2.29 bits per heavy atom. The van der Waals surface area contributed by atoms with Crippen molar-refractivity contribution in [3.05, 3.63) is 29.8 Å². The number of carbonyl (C=O) groups excluding carboxylic acids is 2. The van der Waals surface area contributed by atoms with Crippen LogP contribution in [0.3, 0.4) is 0 Å². The van der Waals surface area contributed by atoms with E-state index in [0.717, 1.165) is 0 Å². The van der Waals surface area contributed by atoms with Crippen molar-refractivity contribution in [2.75, 3.05) is 18.4 Å². The SMILES string of the molecule is CCN(CC)C(=O)c1cccc(NC(=O)CC(C)(C)C)c1. The first-order valence-corrected chi connectivity index (χ1v) is 7.46. The molecule has 0 saturated heterocycles. The second-order valence-electron chi connectivity index (χ2n) is 6.34. The van der Waals surface area contributed by atoms with Crippen molar-refractivity contribution < 1.29 is 9.59 Å². The molecule has 0 unspecified atom stereocenters. The molecule has 1 aromatic carbocycles. The zero-order valence-electron chi connectivity index (χ0n) is 13.7. The Labute approximate surface area is 127 Å². The third-order valence-corrected chi connectivity index (χ3v) is 3.13. The number of hydrogen-bond donors (Lipinski definition) is 1. The van der Waals surface area contributed by atoms with Crippen molar-refractivity contribution in [2.24, 2.45) is 5.41 Å². The quantitative estimate of drug-likeness (QED) is 0.901. The van der Waals surface area contributed by atoms with E-state index in [1.807, 2.05) is 34.6 Å². The Kier molecular flexibility index (Phi) is 5.94. The Morgan fingerprint density at radius 2 is 1.76 bits per heavy atom. The van der Waals surface area contributed by atoms with E-state index in [0.29, 0.717) is 30.8 Å². The van der Waals surface area contributed by atoms with Gasteiger partial charge in [-0.2, -0.15) is 0 Å². The lowest BCUT2D eigenvalue weighted by atomic mass is 9.92. The molecule has 1 N–H and O–H groups in total. The second-order valence-corrected chi connectivity index (χ2v) is 6.34.